The first-order chi connectivity index (χ1) is 5.72. The lowest BCUT2D eigenvalue weighted by Crippen LogP contribution is -2.41. The third-order valence-electron chi connectivity index (χ3n) is 2.22. The Hall–Kier alpha value is -0.570. The van der Waals surface area contributed by atoms with Crippen molar-refractivity contribution in [3.05, 3.63) is 9.66 Å². The molecule has 0 aromatic rings. The highest BCUT2D eigenvalue weighted by atomic mass is 127. The molecule has 3 rings (SSSR count). The number of hydrogen-bond donors (Lipinski definition) is 0. The van der Waals surface area contributed by atoms with Gasteiger partial charge in [-0.05, 0) is 29.0 Å². The highest BCUT2D eigenvalue weighted by molar-refractivity contribution is 14.1. The van der Waals surface area contributed by atoms with Crippen molar-refractivity contribution in [2.24, 2.45) is 11.8 Å². The molecule has 62 valence electrons. The molecule has 4 heteroatoms. The summed E-state index contributed by atoms with van der Waals surface area (Å²) in [5.41, 5.74) is 0. The maximum absolute atomic E-state index is 11.1. The maximum atomic E-state index is 11.1. The first kappa shape index (κ1) is 8.05. The Kier molecular flexibility index (Phi) is 1.83. The molecule has 0 radical (unpaired) electrons. The van der Waals surface area contributed by atoms with Crippen molar-refractivity contribution >= 4 is 28.6 Å². The van der Waals surface area contributed by atoms with Gasteiger partial charge in [0.25, 0.3) is 0 Å². The van der Waals surface area contributed by atoms with Gasteiger partial charge in [-0.1, -0.05) is 6.08 Å². The molecule has 0 aromatic carbocycles. The van der Waals surface area contributed by atoms with Gasteiger partial charge in [-0.15, -0.1) is 0 Å². The van der Waals surface area contributed by atoms with Gasteiger partial charge >= 0.3 is 5.97 Å². The first-order valence-corrected chi connectivity index (χ1v) is 4.77. The molecule has 1 aliphatic carbocycles. The minimum Gasteiger partial charge on any atom is -0.455 e. The maximum Gasteiger partial charge on any atom is 0.313 e. The third kappa shape index (κ3) is 1.04. The summed E-state index contributed by atoms with van der Waals surface area (Å²) in [6, 6.07) is 2.16. The molecule has 0 unspecified atom stereocenters. The zero-order valence-electron chi connectivity index (χ0n) is 6.16. The van der Waals surface area contributed by atoms with E-state index >= 15 is 0 Å². The summed E-state index contributed by atoms with van der Waals surface area (Å²) in [6.07, 6.45) is 2.25. The summed E-state index contributed by atoms with van der Waals surface area (Å²) in [7, 11) is 0. The van der Waals surface area contributed by atoms with Crippen LogP contribution < -0.4 is 0 Å². The number of hydrogen-bond acceptors (Lipinski definition) is 3. The second-order valence-corrected chi connectivity index (χ2v) is 4.23. The van der Waals surface area contributed by atoms with Crippen LogP contribution in [0.15, 0.2) is 9.66 Å². The van der Waals surface area contributed by atoms with Crippen LogP contribution in [0.4, 0.5) is 0 Å². The van der Waals surface area contributed by atoms with E-state index in [1.54, 1.807) is 0 Å². The van der Waals surface area contributed by atoms with Crippen molar-refractivity contribution in [3.63, 3.8) is 0 Å². The number of nitrogens with zero attached hydrogens (tertiary/aromatic N) is 1. The topological polar surface area (TPSA) is 50.1 Å². The number of halogens is 1. The van der Waals surface area contributed by atoms with Gasteiger partial charge in [0.2, 0.25) is 0 Å². The second-order valence-electron chi connectivity index (χ2n) is 2.99. The largest absolute Gasteiger partial charge is 0.455 e. The molecular formula is C8H6INO2. The van der Waals surface area contributed by atoms with E-state index in [4.69, 9.17) is 10.00 Å². The Labute approximate surface area is 83.5 Å². The summed E-state index contributed by atoms with van der Waals surface area (Å²) in [5.74, 6) is -0.483. The van der Waals surface area contributed by atoms with E-state index in [0.717, 1.165) is 3.58 Å². The quantitative estimate of drug-likeness (QED) is 0.496. The smallest absolute Gasteiger partial charge is 0.313 e. The van der Waals surface area contributed by atoms with E-state index in [9.17, 15) is 4.79 Å². The summed E-state index contributed by atoms with van der Waals surface area (Å²) < 4.78 is 6.06. The molecule has 3 aliphatic rings. The van der Waals surface area contributed by atoms with Crippen molar-refractivity contribution in [2.45, 2.75) is 12.5 Å². The van der Waals surface area contributed by atoms with Gasteiger partial charge < -0.3 is 4.74 Å². The molecule has 0 saturated carbocycles. The number of carbonyl (C=O) groups is 1. The van der Waals surface area contributed by atoms with Gasteiger partial charge in [-0.3, -0.25) is 4.79 Å². The lowest BCUT2D eigenvalue weighted by molar-refractivity contribution is -0.159. The Bertz CT molecular complexity index is 305. The van der Waals surface area contributed by atoms with Crippen molar-refractivity contribution in [1.82, 2.24) is 0 Å². The number of carbonyl (C=O) groups excluding carboxylic acids is 1. The minimum absolute atomic E-state index is 0.135. The van der Waals surface area contributed by atoms with Crippen LogP contribution in [0.5, 0.6) is 0 Å². The zero-order chi connectivity index (χ0) is 8.72. The summed E-state index contributed by atoms with van der Waals surface area (Å²) >= 11 is 2.13. The molecule has 0 amide bonds. The van der Waals surface area contributed by atoms with Crippen LogP contribution in [0.3, 0.4) is 0 Å². The van der Waals surface area contributed by atoms with E-state index in [0.29, 0.717) is 6.42 Å². The molecule has 1 fully saturated rings. The Balaban J connectivity index is 2.35. The summed E-state index contributed by atoms with van der Waals surface area (Å²) in [6.45, 7) is 0. The number of esters is 1. The molecule has 1 saturated heterocycles. The molecule has 12 heavy (non-hydrogen) atoms. The Morgan fingerprint density at radius 2 is 2.50 bits per heavy atom. The predicted octanol–water partition coefficient (Wildman–Crippen LogP) is 1.39. The average molecular weight is 275 g/mol. The molecule has 3 nitrogen and oxygen atoms in total. The predicted molar refractivity (Wildman–Crippen MR) is 49.2 cm³/mol. The molecule has 2 heterocycles. The normalized spacial score (nSPS) is 38.5. The van der Waals surface area contributed by atoms with Gasteiger partial charge in [0, 0.05) is 3.58 Å². The van der Waals surface area contributed by atoms with Gasteiger partial charge in [-0.25, -0.2) is 0 Å². The first-order valence-electron chi connectivity index (χ1n) is 3.69. The molecular weight excluding hydrogens is 269 g/mol. The van der Waals surface area contributed by atoms with Crippen molar-refractivity contribution < 1.29 is 9.53 Å². The lowest BCUT2D eigenvalue weighted by Gasteiger charge is -2.35. The fourth-order valence-electron chi connectivity index (χ4n) is 1.58. The van der Waals surface area contributed by atoms with Crippen molar-refractivity contribution in [2.75, 3.05) is 0 Å². The minimum atomic E-state index is -0.284. The van der Waals surface area contributed by atoms with Crippen molar-refractivity contribution in [3.8, 4) is 6.07 Å². The highest BCUT2D eigenvalue weighted by Crippen LogP contribution is 2.39. The van der Waals surface area contributed by atoms with Crippen LogP contribution in [0.1, 0.15) is 6.42 Å². The number of ether oxygens (including phenoxy) is 1. The Morgan fingerprint density at radius 3 is 3.08 bits per heavy atom. The number of nitriles is 1. The molecule has 2 bridgehead atoms. The van der Waals surface area contributed by atoms with Crippen LogP contribution >= 0.6 is 22.6 Å². The van der Waals surface area contributed by atoms with Gasteiger partial charge in [0.15, 0.2) is 0 Å². The summed E-state index contributed by atoms with van der Waals surface area (Å²) in [4.78, 5) is 11.1. The molecule has 0 aromatic heterocycles. The van der Waals surface area contributed by atoms with E-state index in [1.165, 1.54) is 0 Å². The van der Waals surface area contributed by atoms with Crippen LogP contribution in [-0.2, 0) is 9.53 Å². The zero-order valence-corrected chi connectivity index (χ0v) is 8.32. The molecule has 0 N–H and O–H groups in total. The number of fused-ring (bicyclic) bond motifs is 2. The van der Waals surface area contributed by atoms with E-state index < -0.39 is 0 Å². The summed E-state index contributed by atoms with van der Waals surface area (Å²) in [5, 5.41) is 8.75. The van der Waals surface area contributed by atoms with Crippen LogP contribution in [0.25, 0.3) is 0 Å². The fourth-order valence-corrected chi connectivity index (χ4v) is 2.58. The molecule has 0 spiro atoms. The van der Waals surface area contributed by atoms with E-state index in [1.807, 2.05) is 6.08 Å². The molecule has 3 atom stereocenters. The highest BCUT2D eigenvalue weighted by Gasteiger charge is 2.42. The lowest BCUT2D eigenvalue weighted by atomic mass is 9.83. The van der Waals surface area contributed by atoms with Crippen LogP contribution in [0, 0.1) is 23.2 Å². The van der Waals surface area contributed by atoms with Gasteiger partial charge in [0.1, 0.15) is 6.10 Å². The van der Waals surface area contributed by atoms with Crippen LogP contribution in [0.2, 0.25) is 0 Å². The van der Waals surface area contributed by atoms with Gasteiger partial charge in [0.05, 0.1) is 17.9 Å². The standard InChI is InChI=1S/C8H6INO2/c9-6-2-4-1-5(3-10)7(6)12-8(4)11/h2,4-5,7H,1H2/t4-,5+,7+/m1/s1. The molecule has 2 aliphatic heterocycles. The fraction of sp³-hybridized carbons (Fsp3) is 0.500. The Morgan fingerprint density at radius 1 is 1.75 bits per heavy atom. The van der Waals surface area contributed by atoms with Crippen molar-refractivity contribution in [1.29, 1.82) is 5.26 Å². The van der Waals surface area contributed by atoms with Gasteiger partial charge in [-0.2, -0.15) is 5.26 Å². The van der Waals surface area contributed by atoms with E-state index in [2.05, 4.69) is 28.7 Å². The third-order valence-corrected chi connectivity index (χ3v) is 3.19. The average Bonchev–Trinajstić information content (AvgIpc) is 2.06. The van der Waals surface area contributed by atoms with Crippen LogP contribution in [-0.4, -0.2) is 12.1 Å². The number of rotatable bonds is 0. The van der Waals surface area contributed by atoms with E-state index in [-0.39, 0.29) is 23.9 Å². The monoisotopic (exact) mass is 275 g/mol. The second kappa shape index (κ2) is 2.73. The SMILES string of the molecule is N#C[C@@H]1C[C@@H]2C=C(I)[C@H]1OC2=O.